The van der Waals surface area contributed by atoms with Crippen LogP contribution in [0.2, 0.25) is 5.02 Å². The number of rotatable bonds is 9. The molecule has 0 amide bonds. The molecule has 180 valence electrons. The van der Waals surface area contributed by atoms with E-state index in [0.717, 1.165) is 15.0 Å². The van der Waals surface area contributed by atoms with Crippen LogP contribution in [-0.4, -0.2) is 24.9 Å². The van der Waals surface area contributed by atoms with Crippen molar-refractivity contribution in [2.75, 3.05) is 5.32 Å². The maximum absolute atomic E-state index is 13.2. The van der Waals surface area contributed by atoms with Gasteiger partial charge in [-0.2, -0.15) is 4.98 Å². The third-order valence-corrected chi connectivity index (χ3v) is 6.09. The van der Waals surface area contributed by atoms with Gasteiger partial charge in [0.1, 0.15) is 5.75 Å². The van der Waals surface area contributed by atoms with Crippen LogP contribution in [0.3, 0.4) is 0 Å². The lowest BCUT2D eigenvalue weighted by Gasteiger charge is -2.15. The van der Waals surface area contributed by atoms with Crippen LogP contribution >= 0.6 is 22.9 Å². The van der Waals surface area contributed by atoms with E-state index < -0.39 is 11.4 Å². The predicted octanol–water partition coefficient (Wildman–Crippen LogP) is 4.39. The first-order valence-corrected chi connectivity index (χ1v) is 12.0. The SMILES string of the molecule is CCC(=O)Cn1c(=O)nc(Nc2ccc(Oc3ncc(C)s3)cc2)n(Cc2ccc(Cl)cc2)c1=O. The highest BCUT2D eigenvalue weighted by atomic mass is 35.5. The van der Waals surface area contributed by atoms with E-state index in [9.17, 15) is 14.4 Å². The second-order valence-corrected chi connectivity index (χ2v) is 9.31. The third kappa shape index (κ3) is 6.03. The van der Waals surface area contributed by atoms with E-state index in [0.29, 0.717) is 21.7 Å². The summed E-state index contributed by atoms with van der Waals surface area (Å²) >= 11 is 7.42. The van der Waals surface area contributed by atoms with Gasteiger partial charge in [-0.3, -0.25) is 9.36 Å². The number of benzene rings is 2. The van der Waals surface area contributed by atoms with Crippen LogP contribution in [0.4, 0.5) is 11.6 Å². The van der Waals surface area contributed by atoms with Crippen molar-refractivity contribution >= 4 is 40.4 Å². The topological polar surface area (TPSA) is 108 Å². The predicted molar refractivity (Wildman–Crippen MR) is 135 cm³/mol. The molecule has 2 aromatic heterocycles. The van der Waals surface area contributed by atoms with Gasteiger partial charge in [0.05, 0.1) is 13.1 Å². The molecule has 0 fully saturated rings. The van der Waals surface area contributed by atoms with Crippen LogP contribution < -0.4 is 21.4 Å². The summed E-state index contributed by atoms with van der Waals surface area (Å²) in [6, 6.07) is 13.9. The Kier molecular flexibility index (Phi) is 7.42. The van der Waals surface area contributed by atoms with Crippen LogP contribution in [-0.2, 0) is 17.9 Å². The fraction of sp³-hybridized carbons (Fsp3) is 0.208. The Morgan fingerprint density at radius 2 is 1.80 bits per heavy atom. The molecule has 11 heteroatoms. The molecule has 0 spiro atoms. The third-order valence-electron chi connectivity index (χ3n) is 5.05. The van der Waals surface area contributed by atoms with Crippen molar-refractivity contribution in [2.24, 2.45) is 0 Å². The van der Waals surface area contributed by atoms with Gasteiger partial charge in [0, 0.05) is 28.2 Å². The molecule has 2 aromatic carbocycles. The number of thiazole rings is 1. The Bertz CT molecular complexity index is 1460. The molecule has 4 rings (SSSR count). The number of carbonyl (C=O) groups is 1. The second kappa shape index (κ2) is 10.7. The van der Waals surface area contributed by atoms with Crippen LogP contribution in [0.1, 0.15) is 23.8 Å². The zero-order valence-electron chi connectivity index (χ0n) is 19.0. The number of aromatic nitrogens is 4. The average Bonchev–Trinajstić information content (AvgIpc) is 3.25. The number of carbonyl (C=O) groups excluding carboxylic acids is 1. The maximum Gasteiger partial charge on any atom is 0.355 e. The number of nitrogens with one attached hydrogen (secondary N) is 1. The summed E-state index contributed by atoms with van der Waals surface area (Å²) in [5, 5.41) is 4.13. The first-order valence-electron chi connectivity index (χ1n) is 10.8. The molecule has 0 saturated heterocycles. The Hall–Kier alpha value is -3.76. The number of aryl methyl sites for hydroxylation is 1. The molecule has 0 radical (unpaired) electrons. The molecule has 0 unspecified atom stereocenters. The average molecular weight is 512 g/mol. The summed E-state index contributed by atoms with van der Waals surface area (Å²) in [7, 11) is 0. The fourth-order valence-corrected chi connectivity index (χ4v) is 3.93. The number of Topliss-reactive ketones (excluding diaryl/α,β-unsaturated/α-hetero) is 1. The summed E-state index contributed by atoms with van der Waals surface area (Å²) in [5.41, 5.74) is -0.0730. The zero-order valence-corrected chi connectivity index (χ0v) is 20.6. The van der Waals surface area contributed by atoms with Crippen molar-refractivity contribution in [1.29, 1.82) is 0 Å². The van der Waals surface area contributed by atoms with Crippen molar-refractivity contribution < 1.29 is 9.53 Å². The van der Waals surface area contributed by atoms with Crippen molar-refractivity contribution in [3.63, 3.8) is 0 Å². The molecule has 35 heavy (non-hydrogen) atoms. The van der Waals surface area contributed by atoms with Gasteiger partial charge in [-0.1, -0.05) is 42.0 Å². The largest absolute Gasteiger partial charge is 0.431 e. The van der Waals surface area contributed by atoms with E-state index >= 15 is 0 Å². The molecule has 0 bridgehead atoms. The zero-order chi connectivity index (χ0) is 24.9. The summed E-state index contributed by atoms with van der Waals surface area (Å²) in [6.07, 6.45) is 1.94. The van der Waals surface area contributed by atoms with Crippen molar-refractivity contribution in [1.82, 2.24) is 19.1 Å². The van der Waals surface area contributed by atoms with Gasteiger partial charge in [-0.05, 0) is 48.9 Å². The quantitative estimate of drug-likeness (QED) is 0.355. The number of hydrogen-bond donors (Lipinski definition) is 1. The number of ether oxygens (including phenoxy) is 1. The molecular weight excluding hydrogens is 490 g/mol. The molecule has 0 aliphatic carbocycles. The monoisotopic (exact) mass is 511 g/mol. The molecule has 0 saturated carbocycles. The highest BCUT2D eigenvalue weighted by molar-refractivity contribution is 7.13. The number of hydrogen-bond acceptors (Lipinski definition) is 8. The van der Waals surface area contributed by atoms with Crippen molar-refractivity contribution in [3.8, 4) is 10.9 Å². The number of anilines is 2. The van der Waals surface area contributed by atoms with E-state index in [1.807, 2.05) is 6.92 Å². The highest BCUT2D eigenvalue weighted by Crippen LogP contribution is 2.27. The molecule has 9 nitrogen and oxygen atoms in total. The van der Waals surface area contributed by atoms with Crippen LogP contribution in [0.15, 0.2) is 64.3 Å². The molecular formula is C24H22ClN5O4S. The lowest BCUT2D eigenvalue weighted by Crippen LogP contribution is -2.44. The Labute approximate surface area is 209 Å². The lowest BCUT2D eigenvalue weighted by molar-refractivity contribution is -0.119. The Balaban J connectivity index is 1.65. The fourth-order valence-electron chi connectivity index (χ4n) is 3.18. The summed E-state index contributed by atoms with van der Waals surface area (Å²) in [6.45, 7) is 3.41. The minimum atomic E-state index is -0.800. The van der Waals surface area contributed by atoms with Gasteiger partial charge < -0.3 is 10.1 Å². The van der Waals surface area contributed by atoms with E-state index in [4.69, 9.17) is 16.3 Å². The lowest BCUT2D eigenvalue weighted by atomic mass is 10.2. The van der Waals surface area contributed by atoms with Gasteiger partial charge >= 0.3 is 11.4 Å². The van der Waals surface area contributed by atoms with E-state index in [2.05, 4.69) is 15.3 Å². The van der Waals surface area contributed by atoms with Crippen molar-refractivity contribution in [2.45, 2.75) is 33.4 Å². The minimum absolute atomic E-state index is 0.0550. The van der Waals surface area contributed by atoms with Gasteiger partial charge in [0.2, 0.25) is 5.95 Å². The van der Waals surface area contributed by atoms with E-state index in [1.165, 1.54) is 15.9 Å². The van der Waals surface area contributed by atoms with Gasteiger partial charge in [-0.25, -0.2) is 19.1 Å². The van der Waals surface area contributed by atoms with Gasteiger partial charge in [0.15, 0.2) is 5.78 Å². The summed E-state index contributed by atoms with van der Waals surface area (Å²) in [4.78, 5) is 47.1. The first-order chi connectivity index (χ1) is 16.8. The van der Waals surface area contributed by atoms with Crippen LogP contribution in [0.25, 0.3) is 0 Å². The van der Waals surface area contributed by atoms with Crippen LogP contribution in [0.5, 0.6) is 10.9 Å². The van der Waals surface area contributed by atoms with Crippen molar-refractivity contribution in [3.05, 3.63) is 91.2 Å². The number of nitrogens with zero attached hydrogens (tertiary/aromatic N) is 4. The van der Waals surface area contributed by atoms with Gasteiger partial charge in [0.25, 0.3) is 5.19 Å². The number of ketones is 1. The van der Waals surface area contributed by atoms with E-state index in [-0.39, 0.29) is 31.2 Å². The first kappa shape index (κ1) is 24.4. The second-order valence-electron chi connectivity index (χ2n) is 7.68. The molecule has 1 N–H and O–H groups in total. The van der Waals surface area contributed by atoms with E-state index in [1.54, 1.807) is 61.7 Å². The molecule has 0 aliphatic rings. The standard InChI is InChI=1S/C24H22ClN5O4S/c1-3-19(31)14-30-22(32)28-21(29(24(30)33)13-16-4-6-17(25)7-5-16)27-18-8-10-20(11-9-18)34-23-26-12-15(2)35-23/h4-12H,3,13-14H2,1-2H3,(H,27,28,32). The molecule has 0 atom stereocenters. The molecule has 4 aromatic rings. The van der Waals surface area contributed by atoms with Crippen LogP contribution in [0, 0.1) is 6.92 Å². The smallest absolute Gasteiger partial charge is 0.355 e. The summed E-state index contributed by atoms with van der Waals surface area (Å²) in [5.74, 6) is 0.403. The Morgan fingerprint density at radius 1 is 1.09 bits per heavy atom. The maximum atomic E-state index is 13.2. The Morgan fingerprint density at radius 3 is 2.43 bits per heavy atom. The normalized spacial score (nSPS) is 10.8. The molecule has 0 aliphatic heterocycles. The highest BCUT2D eigenvalue weighted by Gasteiger charge is 2.16. The number of halogens is 1. The van der Waals surface area contributed by atoms with Gasteiger partial charge in [-0.15, -0.1) is 0 Å². The molecule has 2 heterocycles. The minimum Gasteiger partial charge on any atom is -0.431 e. The summed E-state index contributed by atoms with van der Waals surface area (Å²) < 4.78 is 7.89.